The van der Waals surface area contributed by atoms with Crippen molar-refractivity contribution in [3.05, 3.63) is 0 Å². The average Bonchev–Trinajstić information content (AvgIpc) is 2.16. The number of carbonyl (C=O) groups excluding carboxylic acids is 2. The van der Waals surface area contributed by atoms with Gasteiger partial charge in [-0.1, -0.05) is 6.42 Å². The number of likely N-dealkylation sites (tertiary alicyclic amines) is 1. The Morgan fingerprint density at radius 3 is 2.83 bits per heavy atom. The molecule has 1 rings (SSSR count). The molecular weight excluding hydrogens is 154 g/mol. The fraction of sp³-hybridized carbons (Fsp3) is 0.778. The third-order valence-electron chi connectivity index (χ3n) is 2.08. The van der Waals surface area contributed by atoms with E-state index in [2.05, 4.69) is 0 Å². The molecule has 1 aliphatic rings. The lowest BCUT2D eigenvalue weighted by Gasteiger charge is -2.18. The summed E-state index contributed by atoms with van der Waals surface area (Å²) >= 11 is 0. The number of hydrogen-bond acceptors (Lipinski definition) is 2. The molecule has 3 nitrogen and oxygen atoms in total. The lowest BCUT2D eigenvalue weighted by molar-refractivity contribution is -0.134. The molecule has 0 radical (unpaired) electrons. The summed E-state index contributed by atoms with van der Waals surface area (Å²) in [6.45, 7) is 2.59. The van der Waals surface area contributed by atoms with Crippen molar-refractivity contribution in [2.75, 3.05) is 13.1 Å². The van der Waals surface area contributed by atoms with Gasteiger partial charge in [0.25, 0.3) is 0 Å². The van der Waals surface area contributed by atoms with Crippen LogP contribution in [-0.4, -0.2) is 29.7 Å². The van der Waals surface area contributed by atoms with Crippen LogP contribution < -0.4 is 0 Å². The normalized spacial score (nSPS) is 19.1. The van der Waals surface area contributed by atoms with Crippen LogP contribution >= 0.6 is 0 Å². The molecule has 1 aliphatic heterocycles. The summed E-state index contributed by atoms with van der Waals surface area (Å²) in [7, 11) is 0. The fourth-order valence-corrected chi connectivity index (χ4v) is 1.47. The average molecular weight is 169 g/mol. The van der Waals surface area contributed by atoms with Crippen LogP contribution in [0.1, 0.15) is 32.6 Å². The Labute approximate surface area is 72.7 Å². The molecule has 1 heterocycles. The van der Waals surface area contributed by atoms with E-state index < -0.39 is 0 Å². The highest BCUT2D eigenvalue weighted by atomic mass is 16.2. The fourth-order valence-electron chi connectivity index (χ4n) is 1.47. The van der Waals surface area contributed by atoms with E-state index in [9.17, 15) is 9.59 Å². The van der Waals surface area contributed by atoms with Gasteiger partial charge in [0.2, 0.25) is 5.91 Å². The lowest BCUT2D eigenvalue weighted by Crippen LogP contribution is -2.34. The van der Waals surface area contributed by atoms with Gasteiger partial charge in [0, 0.05) is 13.0 Å². The van der Waals surface area contributed by atoms with Crippen molar-refractivity contribution in [2.24, 2.45) is 0 Å². The third kappa shape index (κ3) is 2.64. The first kappa shape index (κ1) is 9.23. The summed E-state index contributed by atoms with van der Waals surface area (Å²) in [5, 5.41) is 0. The van der Waals surface area contributed by atoms with Gasteiger partial charge in [-0.25, -0.2) is 0 Å². The molecule has 0 N–H and O–H groups in total. The van der Waals surface area contributed by atoms with Crippen LogP contribution in [-0.2, 0) is 9.59 Å². The van der Waals surface area contributed by atoms with Crippen molar-refractivity contribution < 1.29 is 9.59 Å². The Kier molecular flexibility index (Phi) is 3.26. The summed E-state index contributed by atoms with van der Waals surface area (Å²) in [4.78, 5) is 23.8. The maximum atomic E-state index is 11.3. The van der Waals surface area contributed by atoms with Crippen molar-refractivity contribution in [3.8, 4) is 0 Å². The van der Waals surface area contributed by atoms with Crippen molar-refractivity contribution in [3.63, 3.8) is 0 Å². The number of hydrogen-bond donors (Lipinski definition) is 0. The van der Waals surface area contributed by atoms with Crippen LogP contribution in [0.4, 0.5) is 0 Å². The molecule has 0 unspecified atom stereocenters. The van der Waals surface area contributed by atoms with Crippen molar-refractivity contribution in [1.29, 1.82) is 0 Å². The summed E-state index contributed by atoms with van der Waals surface area (Å²) in [6.07, 6.45) is 3.75. The molecule has 68 valence electrons. The zero-order valence-corrected chi connectivity index (χ0v) is 7.51. The van der Waals surface area contributed by atoms with Crippen molar-refractivity contribution in [1.82, 2.24) is 4.90 Å². The second kappa shape index (κ2) is 4.24. The van der Waals surface area contributed by atoms with E-state index in [1.165, 1.54) is 6.92 Å². The SMILES string of the molecule is CC(=O)CN1CCCCCC1=O. The standard InChI is InChI=1S/C9H15NO2/c1-8(11)7-10-6-4-2-3-5-9(10)12/h2-7H2,1H3. The maximum Gasteiger partial charge on any atom is 0.222 e. The highest BCUT2D eigenvalue weighted by Gasteiger charge is 2.16. The highest BCUT2D eigenvalue weighted by Crippen LogP contribution is 2.10. The van der Waals surface area contributed by atoms with E-state index in [1.807, 2.05) is 0 Å². The molecule has 1 saturated heterocycles. The molecule has 0 bridgehead atoms. The number of rotatable bonds is 2. The first-order valence-electron chi connectivity index (χ1n) is 4.47. The molecule has 0 atom stereocenters. The summed E-state index contributed by atoms with van der Waals surface area (Å²) in [5.41, 5.74) is 0. The molecule has 0 spiro atoms. The predicted molar refractivity (Wildman–Crippen MR) is 45.7 cm³/mol. The molecule has 3 heteroatoms. The monoisotopic (exact) mass is 169 g/mol. The van der Waals surface area contributed by atoms with Gasteiger partial charge in [-0.2, -0.15) is 0 Å². The number of amides is 1. The first-order chi connectivity index (χ1) is 5.70. The topological polar surface area (TPSA) is 37.4 Å². The molecule has 0 aromatic carbocycles. The molecular formula is C9H15NO2. The van der Waals surface area contributed by atoms with Crippen LogP contribution in [0.3, 0.4) is 0 Å². The number of nitrogens with zero attached hydrogens (tertiary/aromatic N) is 1. The maximum absolute atomic E-state index is 11.3. The van der Waals surface area contributed by atoms with Crippen LogP contribution in [0.5, 0.6) is 0 Å². The summed E-state index contributed by atoms with van der Waals surface area (Å²) in [5.74, 6) is 0.216. The number of ketones is 1. The van der Waals surface area contributed by atoms with Gasteiger partial charge in [0.15, 0.2) is 0 Å². The van der Waals surface area contributed by atoms with Crippen molar-refractivity contribution in [2.45, 2.75) is 32.6 Å². The van der Waals surface area contributed by atoms with Crippen LogP contribution in [0.2, 0.25) is 0 Å². The van der Waals surface area contributed by atoms with Crippen LogP contribution in [0.15, 0.2) is 0 Å². The molecule has 0 saturated carbocycles. The zero-order valence-electron chi connectivity index (χ0n) is 7.51. The smallest absolute Gasteiger partial charge is 0.222 e. The van der Waals surface area contributed by atoms with E-state index in [0.29, 0.717) is 13.0 Å². The minimum atomic E-state index is 0.0743. The Morgan fingerprint density at radius 1 is 1.42 bits per heavy atom. The van der Waals surface area contributed by atoms with Crippen LogP contribution in [0.25, 0.3) is 0 Å². The Balaban J connectivity index is 2.47. The second-order valence-corrected chi connectivity index (χ2v) is 3.33. The van der Waals surface area contributed by atoms with Crippen LogP contribution in [0, 0.1) is 0 Å². The first-order valence-corrected chi connectivity index (χ1v) is 4.47. The predicted octanol–water partition coefficient (Wildman–Crippen LogP) is 0.978. The van der Waals surface area contributed by atoms with Crippen molar-refractivity contribution >= 4 is 11.7 Å². The van der Waals surface area contributed by atoms with Gasteiger partial charge in [-0.15, -0.1) is 0 Å². The molecule has 0 aromatic rings. The van der Waals surface area contributed by atoms with Gasteiger partial charge in [0.1, 0.15) is 5.78 Å². The molecule has 12 heavy (non-hydrogen) atoms. The van der Waals surface area contributed by atoms with Gasteiger partial charge in [-0.3, -0.25) is 9.59 Å². The minimum absolute atomic E-state index is 0.0743. The van der Waals surface area contributed by atoms with E-state index in [1.54, 1.807) is 4.90 Å². The number of Topliss-reactive ketones (excluding diaryl/α,β-unsaturated/α-hetero) is 1. The van der Waals surface area contributed by atoms with E-state index in [0.717, 1.165) is 25.8 Å². The van der Waals surface area contributed by atoms with Gasteiger partial charge in [-0.05, 0) is 19.8 Å². The van der Waals surface area contributed by atoms with E-state index in [4.69, 9.17) is 0 Å². The van der Waals surface area contributed by atoms with E-state index in [-0.39, 0.29) is 11.7 Å². The highest BCUT2D eigenvalue weighted by molar-refractivity contribution is 5.84. The molecule has 0 aromatic heterocycles. The Morgan fingerprint density at radius 2 is 2.17 bits per heavy atom. The Hall–Kier alpha value is -0.860. The third-order valence-corrected chi connectivity index (χ3v) is 2.08. The van der Waals surface area contributed by atoms with Gasteiger partial charge < -0.3 is 4.90 Å². The zero-order chi connectivity index (χ0) is 8.97. The van der Waals surface area contributed by atoms with E-state index >= 15 is 0 Å². The van der Waals surface area contributed by atoms with Gasteiger partial charge >= 0.3 is 0 Å². The summed E-state index contributed by atoms with van der Waals surface area (Å²) < 4.78 is 0. The minimum Gasteiger partial charge on any atom is -0.335 e. The number of carbonyl (C=O) groups is 2. The quantitative estimate of drug-likeness (QED) is 0.618. The molecule has 1 amide bonds. The summed E-state index contributed by atoms with van der Waals surface area (Å²) in [6, 6.07) is 0. The largest absolute Gasteiger partial charge is 0.335 e. The Bertz CT molecular complexity index is 189. The molecule has 0 aliphatic carbocycles. The second-order valence-electron chi connectivity index (χ2n) is 3.33. The lowest BCUT2D eigenvalue weighted by atomic mass is 10.2. The van der Waals surface area contributed by atoms with Gasteiger partial charge in [0.05, 0.1) is 6.54 Å². The molecule has 1 fully saturated rings.